The summed E-state index contributed by atoms with van der Waals surface area (Å²) in [6, 6.07) is 7.36. The fourth-order valence-electron chi connectivity index (χ4n) is 2.74. The fourth-order valence-corrected chi connectivity index (χ4v) is 2.74. The molecule has 1 amide bonds. The zero-order chi connectivity index (χ0) is 16.1. The van der Waals surface area contributed by atoms with Crippen LogP contribution in [0.15, 0.2) is 36.7 Å². The Balaban J connectivity index is 1.87. The summed E-state index contributed by atoms with van der Waals surface area (Å²) in [5.74, 6) is -1.37. The van der Waals surface area contributed by atoms with Crippen molar-refractivity contribution in [2.45, 2.75) is 19.3 Å². The molecule has 0 spiro atoms. The Labute approximate surface area is 129 Å². The number of rotatable bonds is 4. The van der Waals surface area contributed by atoms with Gasteiger partial charge >= 0.3 is 5.97 Å². The van der Waals surface area contributed by atoms with Crippen molar-refractivity contribution < 1.29 is 18.7 Å². The first kappa shape index (κ1) is 16.2. The minimum absolute atomic E-state index is 0.343. The number of carbonyl (C=O) groups excluding carboxylic acids is 2. The van der Waals surface area contributed by atoms with E-state index in [9.17, 15) is 14.0 Å². The molecule has 0 atom stereocenters. The molecule has 1 fully saturated rings. The van der Waals surface area contributed by atoms with E-state index in [2.05, 4.69) is 11.3 Å². The van der Waals surface area contributed by atoms with Crippen LogP contribution in [0.4, 0.5) is 4.39 Å². The van der Waals surface area contributed by atoms with Crippen LogP contribution >= 0.6 is 0 Å². The van der Waals surface area contributed by atoms with Gasteiger partial charge in [0.05, 0.1) is 12.7 Å². The van der Waals surface area contributed by atoms with Gasteiger partial charge in [-0.1, -0.05) is 18.7 Å². The van der Waals surface area contributed by atoms with Gasteiger partial charge in [-0.2, -0.15) is 0 Å². The maximum absolute atomic E-state index is 12.8. The van der Waals surface area contributed by atoms with Gasteiger partial charge in [0, 0.05) is 13.1 Å². The third kappa shape index (κ3) is 3.93. The quantitative estimate of drug-likeness (QED) is 0.635. The summed E-state index contributed by atoms with van der Waals surface area (Å²) in [6.45, 7) is 4.18. The van der Waals surface area contributed by atoms with Gasteiger partial charge in [-0.05, 0) is 42.9 Å². The Bertz CT molecular complexity index is 560. The number of ether oxygens (including phenoxy) is 1. The van der Waals surface area contributed by atoms with Gasteiger partial charge in [0.2, 0.25) is 0 Å². The summed E-state index contributed by atoms with van der Waals surface area (Å²) < 4.78 is 17.5. The van der Waals surface area contributed by atoms with Gasteiger partial charge in [0.1, 0.15) is 0 Å². The summed E-state index contributed by atoms with van der Waals surface area (Å²) in [5.41, 5.74) is 1.68. The van der Waals surface area contributed by atoms with E-state index in [1.54, 1.807) is 12.1 Å². The molecule has 118 valence electrons. The normalized spacial score (nSPS) is 15.5. The molecule has 1 saturated heterocycles. The largest absolute Gasteiger partial charge is 0.465 e. The Morgan fingerprint density at radius 2 is 1.86 bits per heavy atom. The Morgan fingerprint density at radius 1 is 1.27 bits per heavy atom. The van der Waals surface area contributed by atoms with Gasteiger partial charge in [-0.15, -0.1) is 0 Å². The van der Waals surface area contributed by atoms with Crippen LogP contribution in [0.2, 0.25) is 0 Å². The van der Waals surface area contributed by atoms with Gasteiger partial charge in [-0.25, -0.2) is 9.18 Å². The SMILES string of the molecule is C=C(F)C(=O)N1CCC(Cc2ccc(C(=O)OC)cc2)CC1. The van der Waals surface area contributed by atoms with Crippen molar-refractivity contribution in [3.63, 3.8) is 0 Å². The minimum atomic E-state index is -0.892. The molecular formula is C17H20FNO3. The number of hydrogen-bond donors (Lipinski definition) is 0. The van der Waals surface area contributed by atoms with Crippen LogP contribution in [0.5, 0.6) is 0 Å². The molecule has 0 aromatic heterocycles. The third-order valence-corrected chi connectivity index (χ3v) is 4.03. The van der Waals surface area contributed by atoms with Crippen molar-refractivity contribution in [1.82, 2.24) is 4.90 Å². The summed E-state index contributed by atoms with van der Waals surface area (Å²) in [6.07, 6.45) is 2.58. The molecule has 0 N–H and O–H groups in total. The Kier molecular flexibility index (Phi) is 5.31. The fraction of sp³-hybridized carbons (Fsp3) is 0.412. The van der Waals surface area contributed by atoms with Crippen molar-refractivity contribution in [1.29, 1.82) is 0 Å². The number of amides is 1. The van der Waals surface area contributed by atoms with Crippen LogP contribution in [0.1, 0.15) is 28.8 Å². The molecule has 22 heavy (non-hydrogen) atoms. The molecule has 0 saturated carbocycles. The van der Waals surface area contributed by atoms with Crippen LogP contribution < -0.4 is 0 Å². The van der Waals surface area contributed by atoms with Gasteiger partial charge < -0.3 is 9.64 Å². The van der Waals surface area contributed by atoms with E-state index in [1.807, 2.05) is 12.1 Å². The second-order valence-electron chi connectivity index (χ2n) is 5.53. The van der Waals surface area contributed by atoms with E-state index < -0.39 is 11.7 Å². The summed E-state index contributed by atoms with van der Waals surface area (Å²) in [7, 11) is 1.36. The molecule has 0 bridgehead atoms. The van der Waals surface area contributed by atoms with Crippen LogP contribution in [0.25, 0.3) is 0 Å². The lowest BCUT2D eigenvalue weighted by Crippen LogP contribution is -2.39. The number of piperidine rings is 1. The van der Waals surface area contributed by atoms with E-state index in [0.717, 1.165) is 24.8 Å². The number of halogens is 1. The lowest BCUT2D eigenvalue weighted by Gasteiger charge is -2.31. The molecular weight excluding hydrogens is 285 g/mol. The van der Waals surface area contributed by atoms with Gasteiger partial charge in [0.25, 0.3) is 5.91 Å². The molecule has 5 heteroatoms. The smallest absolute Gasteiger partial charge is 0.337 e. The zero-order valence-electron chi connectivity index (χ0n) is 12.7. The molecule has 1 aliphatic rings. The number of carbonyl (C=O) groups is 2. The van der Waals surface area contributed by atoms with Crippen LogP contribution in [-0.4, -0.2) is 37.0 Å². The maximum Gasteiger partial charge on any atom is 0.337 e. The summed E-state index contributed by atoms with van der Waals surface area (Å²) >= 11 is 0. The standard InChI is InChI=1S/C17H20FNO3/c1-12(18)16(20)19-9-7-14(8-10-19)11-13-3-5-15(6-4-13)17(21)22-2/h3-6,14H,1,7-11H2,2H3. The molecule has 0 unspecified atom stereocenters. The average molecular weight is 305 g/mol. The lowest BCUT2D eigenvalue weighted by atomic mass is 9.90. The Morgan fingerprint density at radius 3 is 2.36 bits per heavy atom. The number of benzene rings is 1. The van der Waals surface area contributed by atoms with E-state index in [0.29, 0.717) is 24.6 Å². The first-order valence-electron chi connectivity index (χ1n) is 7.32. The van der Waals surface area contributed by atoms with E-state index in [-0.39, 0.29) is 5.97 Å². The van der Waals surface area contributed by atoms with Crippen molar-refractivity contribution in [3.8, 4) is 0 Å². The van der Waals surface area contributed by atoms with E-state index in [4.69, 9.17) is 0 Å². The number of likely N-dealkylation sites (tertiary alicyclic amines) is 1. The highest BCUT2D eigenvalue weighted by molar-refractivity contribution is 5.90. The van der Waals surface area contributed by atoms with Crippen molar-refractivity contribution >= 4 is 11.9 Å². The molecule has 0 radical (unpaired) electrons. The predicted octanol–water partition coefficient (Wildman–Crippen LogP) is 2.74. The second kappa shape index (κ2) is 7.20. The van der Waals surface area contributed by atoms with E-state index >= 15 is 0 Å². The van der Waals surface area contributed by atoms with E-state index in [1.165, 1.54) is 12.0 Å². The highest BCUT2D eigenvalue weighted by Crippen LogP contribution is 2.23. The molecule has 4 nitrogen and oxygen atoms in total. The summed E-state index contributed by atoms with van der Waals surface area (Å²) in [4.78, 5) is 24.4. The molecule has 2 rings (SSSR count). The molecule has 1 aromatic carbocycles. The highest BCUT2D eigenvalue weighted by atomic mass is 19.1. The monoisotopic (exact) mass is 305 g/mol. The van der Waals surface area contributed by atoms with Crippen LogP contribution in [0.3, 0.4) is 0 Å². The number of methoxy groups -OCH3 is 1. The molecule has 1 heterocycles. The zero-order valence-corrected chi connectivity index (χ0v) is 12.7. The highest BCUT2D eigenvalue weighted by Gasteiger charge is 2.24. The number of esters is 1. The van der Waals surface area contributed by atoms with Crippen LogP contribution in [-0.2, 0) is 16.0 Å². The third-order valence-electron chi connectivity index (χ3n) is 4.03. The number of nitrogens with zero attached hydrogens (tertiary/aromatic N) is 1. The number of hydrogen-bond acceptors (Lipinski definition) is 3. The van der Waals surface area contributed by atoms with Crippen molar-refractivity contribution in [3.05, 3.63) is 47.8 Å². The second-order valence-corrected chi connectivity index (χ2v) is 5.53. The molecule has 1 aromatic rings. The maximum atomic E-state index is 12.8. The first-order chi connectivity index (χ1) is 10.5. The minimum Gasteiger partial charge on any atom is -0.465 e. The van der Waals surface area contributed by atoms with Gasteiger partial charge in [-0.3, -0.25) is 4.79 Å². The summed E-state index contributed by atoms with van der Waals surface area (Å²) in [5, 5.41) is 0. The molecule has 0 aliphatic carbocycles. The Hall–Kier alpha value is -2.17. The van der Waals surface area contributed by atoms with Crippen molar-refractivity contribution in [2.75, 3.05) is 20.2 Å². The first-order valence-corrected chi connectivity index (χ1v) is 7.32. The molecule has 1 aliphatic heterocycles. The van der Waals surface area contributed by atoms with Gasteiger partial charge in [0.15, 0.2) is 5.83 Å². The van der Waals surface area contributed by atoms with Crippen LogP contribution in [0, 0.1) is 5.92 Å². The predicted molar refractivity (Wildman–Crippen MR) is 81.0 cm³/mol. The lowest BCUT2D eigenvalue weighted by molar-refractivity contribution is -0.130. The average Bonchev–Trinajstić information content (AvgIpc) is 2.54. The van der Waals surface area contributed by atoms with Crippen molar-refractivity contribution in [2.24, 2.45) is 5.92 Å². The topological polar surface area (TPSA) is 46.6 Å².